The molecule has 0 unspecified atom stereocenters. The van der Waals surface area contributed by atoms with Crippen LogP contribution in [0.4, 0.5) is 5.69 Å². The zero-order valence-corrected chi connectivity index (χ0v) is 9.71. The van der Waals surface area contributed by atoms with E-state index in [0.29, 0.717) is 22.5 Å². The second-order valence-corrected chi connectivity index (χ2v) is 4.01. The Morgan fingerprint density at radius 2 is 2.22 bits per heavy atom. The van der Waals surface area contributed by atoms with Crippen LogP contribution in [0.15, 0.2) is 35.4 Å². The lowest BCUT2D eigenvalue weighted by atomic mass is 10.2. The van der Waals surface area contributed by atoms with Crippen LogP contribution in [0.25, 0.3) is 16.9 Å². The monoisotopic (exact) mass is 241 g/mol. The minimum atomic E-state index is -0.213. The topological polar surface area (TPSA) is 89.6 Å². The maximum absolute atomic E-state index is 12.0. The molecule has 3 aromatic rings. The summed E-state index contributed by atoms with van der Waals surface area (Å²) in [6.45, 7) is 1.84. The van der Waals surface area contributed by atoms with E-state index < -0.39 is 0 Å². The second kappa shape index (κ2) is 3.69. The van der Waals surface area contributed by atoms with Crippen molar-refractivity contribution in [1.29, 1.82) is 0 Å². The van der Waals surface area contributed by atoms with Crippen molar-refractivity contribution in [2.24, 2.45) is 0 Å². The molecule has 2 aromatic heterocycles. The number of hydrogen-bond donors (Lipinski definition) is 2. The van der Waals surface area contributed by atoms with Crippen LogP contribution in [-0.4, -0.2) is 19.5 Å². The number of anilines is 1. The van der Waals surface area contributed by atoms with Crippen LogP contribution in [0.5, 0.6) is 0 Å². The SMILES string of the molecule is Cc1nccn1-c1nc2ccc(N)cc2c(=O)[nH]1. The zero-order valence-electron chi connectivity index (χ0n) is 9.71. The summed E-state index contributed by atoms with van der Waals surface area (Å²) >= 11 is 0. The van der Waals surface area contributed by atoms with E-state index in [9.17, 15) is 4.79 Å². The standard InChI is InChI=1S/C12H11N5O/c1-7-14-4-5-17(7)12-15-10-3-2-8(13)6-9(10)11(18)16-12/h2-6H,13H2,1H3,(H,15,16,18). The Kier molecular flexibility index (Phi) is 2.16. The van der Waals surface area contributed by atoms with Crippen LogP contribution in [-0.2, 0) is 0 Å². The smallest absolute Gasteiger partial charge is 0.260 e. The number of nitrogen functional groups attached to an aromatic ring is 1. The highest BCUT2D eigenvalue weighted by atomic mass is 16.1. The number of aromatic amines is 1. The lowest BCUT2D eigenvalue weighted by molar-refractivity contribution is 0.885. The number of aryl methyl sites for hydroxylation is 1. The van der Waals surface area contributed by atoms with Crippen LogP contribution in [0.1, 0.15) is 5.82 Å². The highest BCUT2D eigenvalue weighted by Gasteiger charge is 2.07. The number of aromatic nitrogens is 4. The van der Waals surface area contributed by atoms with E-state index in [1.165, 1.54) is 0 Å². The Bertz CT molecular complexity index is 787. The van der Waals surface area contributed by atoms with Gasteiger partial charge in [-0.3, -0.25) is 14.3 Å². The molecule has 3 rings (SSSR count). The Hall–Kier alpha value is -2.63. The summed E-state index contributed by atoms with van der Waals surface area (Å²) in [6, 6.07) is 5.07. The molecule has 0 aliphatic heterocycles. The first kappa shape index (κ1) is 10.5. The van der Waals surface area contributed by atoms with E-state index in [0.717, 1.165) is 5.82 Å². The van der Waals surface area contributed by atoms with E-state index in [-0.39, 0.29) is 5.56 Å². The molecule has 0 saturated carbocycles. The molecular formula is C12H11N5O. The van der Waals surface area contributed by atoms with Crippen molar-refractivity contribution in [3.63, 3.8) is 0 Å². The number of fused-ring (bicyclic) bond motifs is 1. The average Bonchev–Trinajstić information content (AvgIpc) is 2.76. The lowest BCUT2D eigenvalue weighted by Crippen LogP contribution is -2.14. The fraction of sp³-hybridized carbons (Fsp3) is 0.0833. The fourth-order valence-electron chi connectivity index (χ4n) is 1.86. The first-order chi connectivity index (χ1) is 8.65. The molecule has 0 radical (unpaired) electrons. The van der Waals surface area contributed by atoms with Gasteiger partial charge in [0.05, 0.1) is 10.9 Å². The number of hydrogen-bond acceptors (Lipinski definition) is 4. The van der Waals surface area contributed by atoms with Gasteiger partial charge in [-0.05, 0) is 25.1 Å². The summed E-state index contributed by atoms with van der Waals surface area (Å²) in [6.07, 6.45) is 3.40. The fourth-order valence-corrected chi connectivity index (χ4v) is 1.86. The molecule has 0 amide bonds. The first-order valence-corrected chi connectivity index (χ1v) is 5.45. The van der Waals surface area contributed by atoms with E-state index in [4.69, 9.17) is 5.73 Å². The molecule has 0 fully saturated rings. The van der Waals surface area contributed by atoms with Gasteiger partial charge in [-0.1, -0.05) is 0 Å². The summed E-state index contributed by atoms with van der Waals surface area (Å²) in [5.41, 5.74) is 6.59. The maximum atomic E-state index is 12.0. The number of nitrogens with zero attached hydrogens (tertiary/aromatic N) is 3. The van der Waals surface area contributed by atoms with Gasteiger partial charge in [0.1, 0.15) is 5.82 Å². The van der Waals surface area contributed by atoms with Gasteiger partial charge in [-0.15, -0.1) is 0 Å². The van der Waals surface area contributed by atoms with Crippen molar-refractivity contribution >= 4 is 16.6 Å². The van der Waals surface area contributed by atoms with Crippen molar-refractivity contribution in [2.45, 2.75) is 6.92 Å². The van der Waals surface area contributed by atoms with Gasteiger partial charge < -0.3 is 5.73 Å². The largest absolute Gasteiger partial charge is 0.399 e. The third kappa shape index (κ3) is 1.55. The Morgan fingerprint density at radius 3 is 2.94 bits per heavy atom. The average molecular weight is 241 g/mol. The summed E-state index contributed by atoms with van der Waals surface area (Å²) in [5, 5.41) is 0.483. The van der Waals surface area contributed by atoms with E-state index in [1.54, 1.807) is 35.2 Å². The van der Waals surface area contributed by atoms with Gasteiger partial charge >= 0.3 is 0 Å². The zero-order chi connectivity index (χ0) is 12.7. The normalized spacial score (nSPS) is 10.9. The summed E-state index contributed by atoms with van der Waals surface area (Å²) in [4.78, 5) is 23.2. The molecule has 0 saturated heterocycles. The van der Waals surface area contributed by atoms with Crippen LogP contribution in [0.2, 0.25) is 0 Å². The van der Waals surface area contributed by atoms with Crippen LogP contribution >= 0.6 is 0 Å². The van der Waals surface area contributed by atoms with Gasteiger partial charge in [0.25, 0.3) is 5.56 Å². The molecule has 90 valence electrons. The van der Waals surface area contributed by atoms with E-state index in [1.807, 2.05) is 6.92 Å². The highest BCUT2D eigenvalue weighted by Crippen LogP contribution is 2.13. The molecule has 0 aliphatic rings. The van der Waals surface area contributed by atoms with Crippen molar-refractivity contribution in [3.05, 3.63) is 46.8 Å². The quantitative estimate of drug-likeness (QED) is 0.622. The predicted octanol–water partition coefficient (Wildman–Crippen LogP) is 0.999. The minimum absolute atomic E-state index is 0.213. The van der Waals surface area contributed by atoms with Crippen molar-refractivity contribution < 1.29 is 0 Å². The highest BCUT2D eigenvalue weighted by molar-refractivity contribution is 5.81. The summed E-state index contributed by atoms with van der Waals surface area (Å²) in [5.74, 6) is 1.21. The van der Waals surface area contributed by atoms with E-state index >= 15 is 0 Å². The number of rotatable bonds is 1. The molecule has 6 heteroatoms. The number of imidazole rings is 1. The molecule has 1 aromatic carbocycles. The van der Waals surface area contributed by atoms with Gasteiger partial charge in [0, 0.05) is 18.1 Å². The minimum Gasteiger partial charge on any atom is -0.399 e. The number of benzene rings is 1. The predicted molar refractivity (Wildman–Crippen MR) is 68.6 cm³/mol. The Labute approximate surface area is 102 Å². The summed E-state index contributed by atoms with van der Waals surface area (Å²) in [7, 11) is 0. The van der Waals surface area contributed by atoms with Crippen molar-refractivity contribution in [1.82, 2.24) is 19.5 Å². The third-order valence-electron chi connectivity index (χ3n) is 2.77. The molecule has 2 heterocycles. The first-order valence-electron chi connectivity index (χ1n) is 5.45. The summed E-state index contributed by atoms with van der Waals surface area (Å²) < 4.78 is 1.72. The van der Waals surface area contributed by atoms with Gasteiger partial charge in [0.2, 0.25) is 5.95 Å². The van der Waals surface area contributed by atoms with Gasteiger partial charge in [-0.25, -0.2) is 9.97 Å². The van der Waals surface area contributed by atoms with Crippen LogP contribution in [0.3, 0.4) is 0 Å². The second-order valence-electron chi connectivity index (χ2n) is 4.01. The lowest BCUT2D eigenvalue weighted by Gasteiger charge is -2.05. The molecule has 0 bridgehead atoms. The Balaban J connectivity index is 2.32. The molecule has 18 heavy (non-hydrogen) atoms. The number of H-pyrrole nitrogens is 1. The number of nitrogens with two attached hydrogens (primary N) is 1. The molecule has 6 nitrogen and oxygen atoms in total. The van der Waals surface area contributed by atoms with E-state index in [2.05, 4.69) is 15.0 Å². The van der Waals surface area contributed by atoms with Crippen molar-refractivity contribution in [3.8, 4) is 5.95 Å². The molecule has 3 N–H and O–H groups in total. The maximum Gasteiger partial charge on any atom is 0.260 e. The van der Waals surface area contributed by atoms with Crippen LogP contribution < -0.4 is 11.3 Å². The van der Waals surface area contributed by atoms with Crippen molar-refractivity contribution in [2.75, 3.05) is 5.73 Å². The molecule has 0 spiro atoms. The van der Waals surface area contributed by atoms with Gasteiger partial charge in [0.15, 0.2) is 0 Å². The molecule has 0 aliphatic carbocycles. The van der Waals surface area contributed by atoms with Gasteiger partial charge in [-0.2, -0.15) is 0 Å². The Morgan fingerprint density at radius 1 is 1.39 bits per heavy atom. The molecular weight excluding hydrogens is 230 g/mol. The number of nitrogens with one attached hydrogen (secondary N) is 1. The molecule has 0 atom stereocenters. The third-order valence-corrected chi connectivity index (χ3v) is 2.77. The van der Waals surface area contributed by atoms with Crippen LogP contribution in [0, 0.1) is 6.92 Å².